The Labute approximate surface area is 231 Å². The van der Waals surface area contributed by atoms with E-state index >= 15 is 0 Å². The summed E-state index contributed by atoms with van der Waals surface area (Å²) in [5.74, 6) is -0.0156. The van der Waals surface area contributed by atoms with Gasteiger partial charge < -0.3 is 5.32 Å². The molecule has 8 heteroatoms. The van der Waals surface area contributed by atoms with Crippen molar-refractivity contribution in [2.45, 2.75) is 38.0 Å². The van der Waals surface area contributed by atoms with Gasteiger partial charge in [-0.05, 0) is 61.6 Å². The molecule has 39 heavy (non-hydrogen) atoms. The first-order valence-corrected chi connectivity index (χ1v) is 14.2. The van der Waals surface area contributed by atoms with E-state index < -0.39 is 0 Å². The molecule has 0 radical (unpaired) electrons. The first kappa shape index (κ1) is 25.4. The second-order valence-electron chi connectivity index (χ2n) is 10.2. The summed E-state index contributed by atoms with van der Waals surface area (Å²) in [6.45, 7) is 3.96. The van der Waals surface area contributed by atoms with E-state index in [1.807, 2.05) is 68.4 Å². The van der Waals surface area contributed by atoms with Gasteiger partial charge in [0.15, 0.2) is 0 Å². The SMILES string of the molecule is Cc1cccc(-n2nc(-c3ccccc3)c3c2N(CC(=O)NC2CC2)C(=O)CS[C@@H]3c2cccc(F)c2)c1C. The number of benzene rings is 3. The Bertz CT molecular complexity index is 1560. The van der Waals surface area contributed by atoms with Gasteiger partial charge in [0, 0.05) is 17.2 Å². The number of anilines is 1. The van der Waals surface area contributed by atoms with Gasteiger partial charge in [-0.15, -0.1) is 11.8 Å². The maximum atomic E-state index is 14.5. The van der Waals surface area contributed by atoms with Crippen LogP contribution in [0.25, 0.3) is 16.9 Å². The lowest BCUT2D eigenvalue weighted by Gasteiger charge is -2.24. The molecule has 2 amide bonds. The average molecular weight is 541 g/mol. The smallest absolute Gasteiger partial charge is 0.240 e. The van der Waals surface area contributed by atoms with Gasteiger partial charge in [-0.1, -0.05) is 54.6 Å². The van der Waals surface area contributed by atoms with Crippen LogP contribution in [0.4, 0.5) is 10.2 Å². The number of aryl methyl sites for hydroxylation is 1. The average Bonchev–Trinajstić information content (AvgIpc) is 3.68. The summed E-state index contributed by atoms with van der Waals surface area (Å²) in [5, 5.41) is 7.78. The van der Waals surface area contributed by atoms with Gasteiger partial charge in [0.05, 0.1) is 22.4 Å². The van der Waals surface area contributed by atoms with E-state index in [2.05, 4.69) is 5.32 Å². The summed E-state index contributed by atoms with van der Waals surface area (Å²) < 4.78 is 16.3. The van der Waals surface area contributed by atoms with Crippen LogP contribution >= 0.6 is 11.8 Å². The van der Waals surface area contributed by atoms with Crippen LogP contribution in [0.3, 0.4) is 0 Å². The van der Waals surface area contributed by atoms with Crippen molar-refractivity contribution in [3.8, 4) is 16.9 Å². The van der Waals surface area contributed by atoms with Gasteiger partial charge in [0.1, 0.15) is 18.2 Å². The molecule has 1 aromatic heterocycles. The molecular formula is C31H29FN4O2S. The van der Waals surface area contributed by atoms with Crippen LogP contribution in [0.5, 0.6) is 0 Å². The highest BCUT2D eigenvalue weighted by molar-refractivity contribution is 8.00. The summed E-state index contributed by atoms with van der Waals surface area (Å²) >= 11 is 1.44. The molecule has 1 N–H and O–H groups in total. The number of nitrogens with one attached hydrogen (secondary N) is 1. The zero-order chi connectivity index (χ0) is 27.1. The maximum Gasteiger partial charge on any atom is 0.240 e. The van der Waals surface area contributed by atoms with Crippen molar-refractivity contribution in [1.82, 2.24) is 15.1 Å². The molecule has 198 valence electrons. The fraction of sp³-hybridized carbons (Fsp3) is 0.258. The number of rotatable bonds is 6. The van der Waals surface area contributed by atoms with Crippen molar-refractivity contribution in [3.63, 3.8) is 0 Å². The lowest BCUT2D eigenvalue weighted by Crippen LogP contribution is -2.43. The number of hydrogen-bond acceptors (Lipinski definition) is 4. The van der Waals surface area contributed by atoms with Crippen molar-refractivity contribution < 1.29 is 14.0 Å². The molecule has 1 saturated carbocycles. The van der Waals surface area contributed by atoms with Crippen LogP contribution in [-0.2, 0) is 9.59 Å². The predicted octanol–water partition coefficient (Wildman–Crippen LogP) is 5.74. The third-order valence-electron chi connectivity index (χ3n) is 7.34. The second-order valence-corrected chi connectivity index (χ2v) is 11.2. The third kappa shape index (κ3) is 4.96. The molecular weight excluding hydrogens is 511 g/mol. The Morgan fingerprint density at radius 2 is 1.82 bits per heavy atom. The van der Waals surface area contributed by atoms with Gasteiger partial charge in [0.25, 0.3) is 0 Å². The molecule has 3 aromatic carbocycles. The van der Waals surface area contributed by atoms with E-state index in [-0.39, 0.29) is 41.2 Å². The largest absolute Gasteiger partial charge is 0.352 e. The van der Waals surface area contributed by atoms with Crippen LogP contribution < -0.4 is 10.2 Å². The van der Waals surface area contributed by atoms with Gasteiger partial charge in [0.2, 0.25) is 11.8 Å². The molecule has 2 heterocycles. The molecule has 0 bridgehead atoms. The van der Waals surface area contributed by atoms with Crippen molar-refractivity contribution in [2.24, 2.45) is 0 Å². The number of thioether (sulfide) groups is 1. The first-order chi connectivity index (χ1) is 18.9. The van der Waals surface area contributed by atoms with E-state index in [1.165, 1.54) is 23.9 Å². The Kier molecular flexibility index (Phi) is 6.73. The molecule has 1 atom stereocenters. The summed E-state index contributed by atoms with van der Waals surface area (Å²) in [6, 6.07) is 22.5. The number of halogens is 1. The highest BCUT2D eigenvalue weighted by Gasteiger charge is 2.38. The van der Waals surface area contributed by atoms with E-state index in [1.54, 1.807) is 15.6 Å². The number of aromatic nitrogens is 2. The van der Waals surface area contributed by atoms with E-state index in [9.17, 15) is 14.0 Å². The van der Waals surface area contributed by atoms with Crippen LogP contribution in [-0.4, -0.2) is 39.9 Å². The molecule has 0 unspecified atom stereocenters. The zero-order valence-electron chi connectivity index (χ0n) is 21.9. The van der Waals surface area contributed by atoms with E-state index in [0.717, 1.165) is 46.3 Å². The number of hydrogen-bond donors (Lipinski definition) is 1. The summed E-state index contributed by atoms with van der Waals surface area (Å²) in [7, 11) is 0. The molecule has 2 aliphatic rings. The highest BCUT2D eigenvalue weighted by Crippen LogP contribution is 2.48. The number of carbonyl (C=O) groups is 2. The molecule has 0 saturated heterocycles. The molecule has 6 rings (SSSR count). The molecule has 4 aromatic rings. The standard InChI is InChI=1S/C31H29FN4O2S/c1-19-8-6-13-25(20(19)2)36-31-28(29(34-36)21-9-4-3-5-10-21)30(22-11-7-12-23(32)16-22)39-18-27(38)35(31)17-26(37)33-24-14-15-24/h3-13,16,24,30H,14-15,17-18H2,1-2H3,(H,33,37)/t30-/m1/s1. The molecule has 0 spiro atoms. The predicted molar refractivity (Wildman–Crippen MR) is 153 cm³/mol. The fourth-order valence-electron chi connectivity index (χ4n) is 5.04. The Morgan fingerprint density at radius 1 is 1.05 bits per heavy atom. The summed E-state index contributed by atoms with van der Waals surface area (Å²) in [4.78, 5) is 28.4. The Balaban J connectivity index is 1.63. The van der Waals surface area contributed by atoms with E-state index in [4.69, 9.17) is 5.10 Å². The monoisotopic (exact) mass is 540 g/mol. The number of nitrogens with zero attached hydrogens (tertiary/aromatic N) is 3. The quantitative estimate of drug-likeness (QED) is 0.339. The first-order valence-electron chi connectivity index (χ1n) is 13.1. The molecule has 1 fully saturated rings. The zero-order valence-corrected chi connectivity index (χ0v) is 22.7. The minimum absolute atomic E-state index is 0.108. The Hall–Kier alpha value is -3.91. The van der Waals surface area contributed by atoms with Crippen molar-refractivity contribution in [3.05, 3.63) is 101 Å². The van der Waals surface area contributed by atoms with Gasteiger partial charge in [-0.3, -0.25) is 14.5 Å². The third-order valence-corrected chi connectivity index (χ3v) is 8.59. The Morgan fingerprint density at radius 3 is 2.56 bits per heavy atom. The summed E-state index contributed by atoms with van der Waals surface area (Å²) in [5.41, 5.74) is 6.08. The maximum absolute atomic E-state index is 14.5. The topological polar surface area (TPSA) is 67.2 Å². The van der Waals surface area contributed by atoms with Gasteiger partial charge in [-0.25, -0.2) is 9.07 Å². The van der Waals surface area contributed by atoms with Crippen LogP contribution in [0.2, 0.25) is 0 Å². The lowest BCUT2D eigenvalue weighted by molar-refractivity contribution is -0.123. The summed E-state index contributed by atoms with van der Waals surface area (Å²) in [6.07, 6.45) is 1.92. The van der Waals surface area contributed by atoms with E-state index in [0.29, 0.717) is 11.5 Å². The van der Waals surface area contributed by atoms with Crippen molar-refractivity contribution in [2.75, 3.05) is 17.2 Å². The highest BCUT2D eigenvalue weighted by atomic mass is 32.2. The second kappa shape index (κ2) is 10.3. The fourth-order valence-corrected chi connectivity index (χ4v) is 6.23. The van der Waals surface area contributed by atoms with Crippen LogP contribution in [0.15, 0.2) is 72.8 Å². The van der Waals surface area contributed by atoms with Crippen LogP contribution in [0, 0.1) is 19.7 Å². The van der Waals surface area contributed by atoms with Gasteiger partial charge >= 0.3 is 0 Å². The minimum Gasteiger partial charge on any atom is -0.352 e. The number of fused-ring (bicyclic) bond motifs is 1. The molecule has 1 aliphatic carbocycles. The normalized spacial score (nSPS) is 17.1. The van der Waals surface area contributed by atoms with Crippen molar-refractivity contribution in [1.29, 1.82) is 0 Å². The minimum atomic E-state index is -0.370. The molecule has 1 aliphatic heterocycles. The number of carbonyl (C=O) groups excluding carboxylic acids is 2. The molecule has 6 nitrogen and oxygen atoms in total. The number of amides is 2. The lowest BCUT2D eigenvalue weighted by atomic mass is 9.99. The van der Waals surface area contributed by atoms with Gasteiger partial charge in [-0.2, -0.15) is 5.10 Å². The van der Waals surface area contributed by atoms with Crippen molar-refractivity contribution >= 4 is 29.4 Å². The van der Waals surface area contributed by atoms with Crippen LogP contribution in [0.1, 0.15) is 40.3 Å².